The SMILES string of the molecule is C#CCCCC1CC(C(C)C)CCC1CNCCC. The van der Waals surface area contributed by atoms with Crippen molar-refractivity contribution in [1.29, 1.82) is 0 Å². The minimum atomic E-state index is 0.847. The van der Waals surface area contributed by atoms with Gasteiger partial charge in [0.05, 0.1) is 0 Å². The molecule has 1 saturated carbocycles. The van der Waals surface area contributed by atoms with Gasteiger partial charge in [-0.05, 0) is 75.3 Å². The molecule has 1 nitrogen and oxygen atoms in total. The Morgan fingerprint density at radius 1 is 1.26 bits per heavy atom. The van der Waals surface area contributed by atoms with Crippen molar-refractivity contribution >= 4 is 0 Å². The monoisotopic (exact) mass is 263 g/mol. The molecule has 3 atom stereocenters. The van der Waals surface area contributed by atoms with E-state index >= 15 is 0 Å². The van der Waals surface area contributed by atoms with Crippen molar-refractivity contribution in [3.05, 3.63) is 0 Å². The van der Waals surface area contributed by atoms with Crippen LogP contribution in [0.4, 0.5) is 0 Å². The number of rotatable bonds is 8. The van der Waals surface area contributed by atoms with E-state index in [2.05, 4.69) is 32.0 Å². The van der Waals surface area contributed by atoms with Gasteiger partial charge in [-0.3, -0.25) is 0 Å². The molecule has 0 aromatic carbocycles. The fraction of sp³-hybridized carbons (Fsp3) is 0.889. The Kier molecular flexibility index (Phi) is 8.22. The van der Waals surface area contributed by atoms with E-state index in [1.807, 2.05) is 0 Å². The van der Waals surface area contributed by atoms with Crippen LogP contribution < -0.4 is 5.32 Å². The van der Waals surface area contributed by atoms with Crippen molar-refractivity contribution in [3.63, 3.8) is 0 Å². The van der Waals surface area contributed by atoms with E-state index in [4.69, 9.17) is 6.42 Å². The molecule has 110 valence electrons. The smallest absolute Gasteiger partial charge is 0.00861 e. The van der Waals surface area contributed by atoms with Crippen LogP contribution in [0.25, 0.3) is 0 Å². The Hall–Kier alpha value is -0.480. The van der Waals surface area contributed by atoms with Gasteiger partial charge < -0.3 is 5.32 Å². The van der Waals surface area contributed by atoms with Crippen molar-refractivity contribution in [2.45, 2.75) is 65.7 Å². The number of hydrogen-bond acceptors (Lipinski definition) is 1. The van der Waals surface area contributed by atoms with E-state index in [1.165, 1.54) is 51.6 Å². The molecule has 0 radical (unpaired) electrons. The third-order valence-corrected chi connectivity index (χ3v) is 4.85. The largest absolute Gasteiger partial charge is 0.316 e. The van der Waals surface area contributed by atoms with E-state index in [1.54, 1.807) is 0 Å². The third-order valence-electron chi connectivity index (χ3n) is 4.85. The summed E-state index contributed by atoms with van der Waals surface area (Å²) in [4.78, 5) is 0. The molecular weight excluding hydrogens is 230 g/mol. The van der Waals surface area contributed by atoms with Crippen molar-refractivity contribution in [1.82, 2.24) is 5.32 Å². The molecule has 1 heteroatoms. The molecule has 0 heterocycles. The molecule has 3 unspecified atom stereocenters. The van der Waals surface area contributed by atoms with E-state index in [0.29, 0.717) is 0 Å². The van der Waals surface area contributed by atoms with Crippen LogP contribution in [0.2, 0.25) is 0 Å². The summed E-state index contributed by atoms with van der Waals surface area (Å²) in [7, 11) is 0. The first-order valence-electron chi connectivity index (χ1n) is 8.33. The first-order valence-corrected chi connectivity index (χ1v) is 8.33. The van der Waals surface area contributed by atoms with Gasteiger partial charge in [0.2, 0.25) is 0 Å². The molecule has 0 aliphatic heterocycles. The second-order valence-electron chi connectivity index (χ2n) is 6.64. The fourth-order valence-corrected chi connectivity index (χ4v) is 3.52. The minimum absolute atomic E-state index is 0.847. The maximum atomic E-state index is 5.39. The average Bonchev–Trinajstić information content (AvgIpc) is 2.40. The molecule has 1 rings (SSSR count). The van der Waals surface area contributed by atoms with Crippen LogP contribution in [0, 0.1) is 36.0 Å². The number of terminal acetylenes is 1. The van der Waals surface area contributed by atoms with Crippen LogP contribution in [0.3, 0.4) is 0 Å². The summed E-state index contributed by atoms with van der Waals surface area (Å²) in [5.74, 6) is 6.37. The molecule has 1 N–H and O–H groups in total. The Labute approximate surface area is 120 Å². The van der Waals surface area contributed by atoms with E-state index < -0.39 is 0 Å². The van der Waals surface area contributed by atoms with Gasteiger partial charge in [0, 0.05) is 6.42 Å². The molecule has 0 aromatic rings. The summed E-state index contributed by atoms with van der Waals surface area (Å²) in [6.45, 7) is 9.41. The lowest BCUT2D eigenvalue weighted by atomic mass is 9.69. The normalized spacial score (nSPS) is 27.4. The first-order chi connectivity index (χ1) is 9.19. The zero-order valence-electron chi connectivity index (χ0n) is 13.3. The lowest BCUT2D eigenvalue weighted by Crippen LogP contribution is -2.34. The van der Waals surface area contributed by atoms with E-state index in [-0.39, 0.29) is 0 Å². The van der Waals surface area contributed by atoms with Crippen LogP contribution in [0.1, 0.15) is 65.7 Å². The van der Waals surface area contributed by atoms with Gasteiger partial charge in [0.15, 0.2) is 0 Å². The molecule has 0 amide bonds. The molecule has 19 heavy (non-hydrogen) atoms. The lowest BCUT2D eigenvalue weighted by Gasteiger charge is -2.38. The van der Waals surface area contributed by atoms with Crippen LogP contribution in [0.15, 0.2) is 0 Å². The maximum absolute atomic E-state index is 5.39. The van der Waals surface area contributed by atoms with E-state index in [9.17, 15) is 0 Å². The molecule has 0 spiro atoms. The average molecular weight is 263 g/mol. The van der Waals surface area contributed by atoms with Crippen molar-refractivity contribution in [3.8, 4) is 12.3 Å². The zero-order valence-corrected chi connectivity index (χ0v) is 13.3. The highest BCUT2D eigenvalue weighted by Gasteiger charge is 2.30. The fourth-order valence-electron chi connectivity index (χ4n) is 3.52. The Bertz CT molecular complexity index is 263. The van der Waals surface area contributed by atoms with Crippen LogP contribution in [0.5, 0.6) is 0 Å². The van der Waals surface area contributed by atoms with E-state index in [0.717, 1.165) is 30.1 Å². The second kappa shape index (κ2) is 9.43. The summed E-state index contributed by atoms with van der Waals surface area (Å²) in [5, 5.41) is 3.63. The Balaban J connectivity index is 2.44. The molecular formula is C18H33N. The molecule has 0 saturated heterocycles. The standard InChI is InChI=1S/C18H33N/c1-5-7-8-9-17-13-16(15(3)4)10-11-18(17)14-19-12-6-2/h1,15-19H,6-14H2,2-4H3. The summed E-state index contributed by atoms with van der Waals surface area (Å²) in [6, 6.07) is 0. The highest BCUT2D eigenvalue weighted by atomic mass is 14.9. The van der Waals surface area contributed by atoms with Gasteiger partial charge in [0.1, 0.15) is 0 Å². The van der Waals surface area contributed by atoms with Crippen LogP contribution in [-0.2, 0) is 0 Å². The summed E-state index contributed by atoms with van der Waals surface area (Å²) in [5.41, 5.74) is 0. The van der Waals surface area contributed by atoms with Gasteiger partial charge in [-0.25, -0.2) is 0 Å². The van der Waals surface area contributed by atoms with Gasteiger partial charge in [-0.1, -0.05) is 20.8 Å². The molecule has 1 aliphatic rings. The van der Waals surface area contributed by atoms with Crippen LogP contribution in [-0.4, -0.2) is 13.1 Å². The summed E-state index contributed by atoms with van der Waals surface area (Å²) < 4.78 is 0. The summed E-state index contributed by atoms with van der Waals surface area (Å²) >= 11 is 0. The van der Waals surface area contributed by atoms with Crippen molar-refractivity contribution in [2.75, 3.05) is 13.1 Å². The van der Waals surface area contributed by atoms with Gasteiger partial charge in [-0.2, -0.15) is 0 Å². The summed E-state index contributed by atoms with van der Waals surface area (Å²) in [6.07, 6.45) is 14.4. The minimum Gasteiger partial charge on any atom is -0.316 e. The third kappa shape index (κ3) is 6.00. The van der Waals surface area contributed by atoms with Gasteiger partial charge in [-0.15, -0.1) is 12.3 Å². The number of unbranched alkanes of at least 4 members (excludes halogenated alkanes) is 1. The first kappa shape index (κ1) is 16.6. The maximum Gasteiger partial charge on any atom is 0.00861 e. The Morgan fingerprint density at radius 3 is 2.68 bits per heavy atom. The van der Waals surface area contributed by atoms with Crippen molar-refractivity contribution < 1.29 is 0 Å². The lowest BCUT2D eigenvalue weighted by molar-refractivity contribution is 0.136. The van der Waals surface area contributed by atoms with Gasteiger partial charge >= 0.3 is 0 Å². The number of hydrogen-bond donors (Lipinski definition) is 1. The van der Waals surface area contributed by atoms with Crippen molar-refractivity contribution in [2.24, 2.45) is 23.7 Å². The number of nitrogens with one attached hydrogen (secondary N) is 1. The predicted octanol–water partition coefficient (Wildman–Crippen LogP) is 4.48. The molecule has 1 fully saturated rings. The second-order valence-corrected chi connectivity index (χ2v) is 6.64. The molecule has 1 aliphatic carbocycles. The quantitative estimate of drug-likeness (QED) is 0.503. The van der Waals surface area contributed by atoms with Crippen LogP contribution >= 0.6 is 0 Å². The molecule has 0 aromatic heterocycles. The topological polar surface area (TPSA) is 12.0 Å². The highest BCUT2D eigenvalue weighted by molar-refractivity contribution is 4.86. The Morgan fingerprint density at radius 2 is 2.05 bits per heavy atom. The van der Waals surface area contributed by atoms with Gasteiger partial charge in [0.25, 0.3) is 0 Å². The molecule has 0 bridgehead atoms. The zero-order chi connectivity index (χ0) is 14.1. The highest BCUT2D eigenvalue weighted by Crippen LogP contribution is 2.39. The predicted molar refractivity (Wildman–Crippen MR) is 85.0 cm³/mol.